The van der Waals surface area contributed by atoms with Crippen LogP contribution in [-0.4, -0.2) is 27.8 Å². The third-order valence-electron chi connectivity index (χ3n) is 4.42. The Morgan fingerprint density at radius 1 is 1.20 bits per heavy atom. The van der Waals surface area contributed by atoms with Gasteiger partial charge in [-0.1, -0.05) is 35.9 Å². The number of thiazole rings is 1. The normalized spacial score (nSPS) is 10.8. The SMILES string of the molecule is COc1cccc(-c2csc(-n3nc(C)cc3NC(=O)Cc3ccc(Cl)cc3)n2)c1. The van der Waals surface area contributed by atoms with Gasteiger partial charge in [-0.05, 0) is 36.8 Å². The minimum Gasteiger partial charge on any atom is -0.497 e. The predicted molar refractivity (Wildman–Crippen MR) is 120 cm³/mol. The summed E-state index contributed by atoms with van der Waals surface area (Å²) in [7, 11) is 1.64. The number of carbonyl (C=O) groups excluding carboxylic acids is 1. The van der Waals surface area contributed by atoms with E-state index in [-0.39, 0.29) is 12.3 Å². The van der Waals surface area contributed by atoms with E-state index in [9.17, 15) is 4.79 Å². The molecule has 0 saturated heterocycles. The van der Waals surface area contributed by atoms with E-state index < -0.39 is 0 Å². The Morgan fingerprint density at radius 3 is 2.77 bits per heavy atom. The van der Waals surface area contributed by atoms with Gasteiger partial charge in [-0.15, -0.1) is 11.3 Å². The number of rotatable bonds is 6. The van der Waals surface area contributed by atoms with Gasteiger partial charge in [0, 0.05) is 22.0 Å². The van der Waals surface area contributed by atoms with Gasteiger partial charge in [-0.3, -0.25) is 4.79 Å². The van der Waals surface area contributed by atoms with Gasteiger partial charge in [0.15, 0.2) is 0 Å². The number of aromatic nitrogens is 3. The number of hydrogen-bond donors (Lipinski definition) is 1. The molecule has 152 valence electrons. The van der Waals surface area contributed by atoms with Crippen LogP contribution in [0, 0.1) is 6.92 Å². The monoisotopic (exact) mass is 438 g/mol. The summed E-state index contributed by atoms with van der Waals surface area (Å²) in [6.07, 6.45) is 0.244. The fraction of sp³-hybridized carbons (Fsp3) is 0.136. The third-order valence-corrected chi connectivity index (χ3v) is 5.48. The van der Waals surface area contributed by atoms with Gasteiger partial charge in [0.2, 0.25) is 11.0 Å². The molecule has 0 aliphatic heterocycles. The van der Waals surface area contributed by atoms with E-state index in [0.717, 1.165) is 28.3 Å². The van der Waals surface area contributed by atoms with Crippen LogP contribution in [0.2, 0.25) is 5.02 Å². The number of amides is 1. The lowest BCUT2D eigenvalue weighted by atomic mass is 10.1. The second kappa shape index (κ2) is 8.69. The van der Waals surface area contributed by atoms with Crippen LogP contribution in [0.25, 0.3) is 16.4 Å². The highest BCUT2D eigenvalue weighted by Gasteiger charge is 2.15. The van der Waals surface area contributed by atoms with Gasteiger partial charge >= 0.3 is 0 Å². The molecule has 0 spiro atoms. The van der Waals surface area contributed by atoms with E-state index in [1.807, 2.05) is 54.8 Å². The molecule has 2 heterocycles. The number of benzene rings is 2. The number of anilines is 1. The van der Waals surface area contributed by atoms with E-state index in [4.69, 9.17) is 21.3 Å². The van der Waals surface area contributed by atoms with Crippen molar-refractivity contribution in [2.75, 3.05) is 12.4 Å². The maximum absolute atomic E-state index is 12.5. The molecule has 0 saturated carbocycles. The molecule has 1 N–H and O–H groups in total. The fourth-order valence-electron chi connectivity index (χ4n) is 2.99. The standard InChI is InChI=1S/C22H19ClN4O2S/c1-14-10-20(25-21(28)11-15-6-8-17(23)9-7-15)27(26-14)22-24-19(13-30-22)16-4-3-5-18(12-16)29-2/h3-10,12-13H,11H2,1-2H3,(H,25,28). The number of nitrogens with one attached hydrogen (secondary N) is 1. The average molecular weight is 439 g/mol. The Morgan fingerprint density at radius 2 is 2.00 bits per heavy atom. The highest BCUT2D eigenvalue weighted by Crippen LogP contribution is 2.28. The van der Waals surface area contributed by atoms with Gasteiger partial charge in [-0.25, -0.2) is 4.98 Å². The van der Waals surface area contributed by atoms with E-state index >= 15 is 0 Å². The van der Waals surface area contributed by atoms with E-state index in [1.54, 1.807) is 23.9 Å². The highest BCUT2D eigenvalue weighted by atomic mass is 35.5. The van der Waals surface area contributed by atoms with Crippen molar-refractivity contribution in [2.45, 2.75) is 13.3 Å². The van der Waals surface area contributed by atoms with Gasteiger partial charge in [-0.2, -0.15) is 9.78 Å². The molecule has 4 rings (SSSR count). The maximum atomic E-state index is 12.5. The minimum atomic E-state index is -0.136. The summed E-state index contributed by atoms with van der Waals surface area (Å²) < 4.78 is 6.95. The molecule has 2 aromatic carbocycles. The van der Waals surface area contributed by atoms with Gasteiger partial charge < -0.3 is 10.1 Å². The van der Waals surface area contributed by atoms with Crippen LogP contribution in [0.5, 0.6) is 5.75 Å². The number of hydrogen-bond acceptors (Lipinski definition) is 5. The molecular weight excluding hydrogens is 420 g/mol. The summed E-state index contributed by atoms with van der Waals surface area (Å²) in [5, 5.41) is 10.7. The zero-order valence-electron chi connectivity index (χ0n) is 16.4. The zero-order chi connectivity index (χ0) is 21.1. The van der Waals surface area contributed by atoms with Crippen LogP contribution in [0.3, 0.4) is 0 Å². The Hall–Kier alpha value is -3.16. The highest BCUT2D eigenvalue weighted by molar-refractivity contribution is 7.12. The molecule has 0 radical (unpaired) electrons. The first-order valence-electron chi connectivity index (χ1n) is 9.23. The predicted octanol–water partition coefficient (Wildman–Crippen LogP) is 5.15. The summed E-state index contributed by atoms with van der Waals surface area (Å²) in [4.78, 5) is 17.2. The molecule has 4 aromatic rings. The van der Waals surface area contributed by atoms with Crippen LogP contribution >= 0.6 is 22.9 Å². The molecule has 6 nitrogen and oxygen atoms in total. The first-order valence-corrected chi connectivity index (χ1v) is 10.5. The lowest BCUT2D eigenvalue weighted by Gasteiger charge is -2.07. The average Bonchev–Trinajstić information content (AvgIpc) is 3.36. The van der Waals surface area contributed by atoms with E-state index in [2.05, 4.69) is 10.4 Å². The Bertz CT molecular complexity index is 1180. The summed E-state index contributed by atoms with van der Waals surface area (Å²) in [5.74, 6) is 1.22. The molecule has 1 amide bonds. The zero-order valence-corrected chi connectivity index (χ0v) is 18.0. The Labute approximate surface area is 183 Å². The molecule has 0 aliphatic carbocycles. The number of halogens is 1. The van der Waals surface area contributed by atoms with E-state index in [1.165, 1.54) is 11.3 Å². The van der Waals surface area contributed by atoms with Crippen LogP contribution in [-0.2, 0) is 11.2 Å². The second-order valence-corrected chi connectivity index (χ2v) is 7.95. The van der Waals surface area contributed by atoms with E-state index in [0.29, 0.717) is 16.0 Å². The fourth-order valence-corrected chi connectivity index (χ4v) is 3.91. The van der Waals surface area contributed by atoms with Gasteiger partial charge in [0.25, 0.3) is 0 Å². The lowest BCUT2D eigenvalue weighted by molar-refractivity contribution is -0.115. The molecule has 30 heavy (non-hydrogen) atoms. The van der Waals surface area contributed by atoms with Crippen LogP contribution in [0.4, 0.5) is 5.82 Å². The largest absolute Gasteiger partial charge is 0.497 e. The Balaban J connectivity index is 1.55. The van der Waals surface area contributed by atoms with Gasteiger partial charge in [0.1, 0.15) is 11.6 Å². The summed E-state index contributed by atoms with van der Waals surface area (Å²) in [6.45, 7) is 1.88. The van der Waals surface area contributed by atoms with Crippen molar-refractivity contribution in [2.24, 2.45) is 0 Å². The van der Waals surface area contributed by atoms with Crippen LogP contribution in [0.1, 0.15) is 11.3 Å². The molecule has 0 aliphatic rings. The molecule has 2 aromatic heterocycles. The van der Waals surface area contributed by atoms with Crippen molar-refractivity contribution >= 4 is 34.7 Å². The number of methoxy groups -OCH3 is 1. The van der Waals surface area contributed by atoms with Crippen molar-refractivity contribution < 1.29 is 9.53 Å². The summed E-state index contributed by atoms with van der Waals surface area (Å²) in [5.41, 5.74) is 3.44. The van der Waals surface area contributed by atoms with Crippen molar-refractivity contribution in [3.63, 3.8) is 0 Å². The first-order chi connectivity index (χ1) is 14.5. The molecular formula is C22H19ClN4O2S. The smallest absolute Gasteiger partial charge is 0.229 e. The summed E-state index contributed by atoms with van der Waals surface area (Å²) in [6, 6.07) is 16.8. The Kier molecular flexibility index (Phi) is 5.83. The molecule has 0 atom stereocenters. The third kappa shape index (κ3) is 4.53. The van der Waals surface area contributed by atoms with Crippen molar-refractivity contribution in [1.82, 2.24) is 14.8 Å². The minimum absolute atomic E-state index is 0.136. The van der Waals surface area contributed by atoms with Crippen molar-refractivity contribution in [3.05, 3.63) is 76.3 Å². The number of ether oxygens (including phenoxy) is 1. The topological polar surface area (TPSA) is 69.0 Å². The second-order valence-electron chi connectivity index (χ2n) is 6.68. The number of carbonyl (C=O) groups is 1. The first kappa shape index (κ1) is 20.1. The number of aryl methyl sites for hydroxylation is 1. The maximum Gasteiger partial charge on any atom is 0.229 e. The molecule has 0 fully saturated rings. The van der Waals surface area contributed by atoms with Crippen LogP contribution in [0.15, 0.2) is 60.0 Å². The lowest BCUT2D eigenvalue weighted by Crippen LogP contribution is -2.17. The summed E-state index contributed by atoms with van der Waals surface area (Å²) >= 11 is 7.36. The van der Waals surface area contributed by atoms with Crippen molar-refractivity contribution in [1.29, 1.82) is 0 Å². The molecule has 0 bridgehead atoms. The van der Waals surface area contributed by atoms with Gasteiger partial charge in [0.05, 0.1) is 24.9 Å². The molecule has 8 heteroatoms. The molecule has 0 unspecified atom stereocenters. The number of nitrogens with zero attached hydrogens (tertiary/aromatic N) is 3. The van der Waals surface area contributed by atoms with Crippen molar-refractivity contribution in [3.8, 4) is 22.1 Å². The van der Waals surface area contributed by atoms with Crippen LogP contribution < -0.4 is 10.1 Å². The quantitative estimate of drug-likeness (QED) is 0.452.